The molecular formula is C17H18ClN5. The van der Waals surface area contributed by atoms with Gasteiger partial charge in [-0.1, -0.05) is 42.3 Å². The van der Waals surface area contributed by atoms with Crippen LogP contribution in [0.2, 0.25) is 5.02 Å². The Bertz CT molecular complexity index is 807. The van der Waals surface area contributed by atoms with E-state index in [1.54, 1.807) is 4.68 Å². The molecule has 1 heterocycles. The Morgan fingerprint density at radius 2 is 1.96 bits per heavy atom. The molecular weight excluding hydrogens is 310 g/mol. The van der Waals surface area contributed by atoms with Crippen molar-refractivity contribution in [2.75, 3.05) is 11.9 Å². The van der Waals surface area contributed by atoms with Gasteiger partial charge < -0.3 is 5.32 Å². The van der Waals surface area contributed by atoms with Crippen molar-refractivity contribution >= 4 is 34.3 Å². The molecule has 0 unspecified atom stereocenters. The summed E-state index contributed by atoms with van der Waals surface area (Å²) in [5, 5.41) is 12.4. The minimum Gasteiger partial charge on any atom is -0.324 e. The number of halogens is 1. The summed E-state index contributed by atoms with van der Waals surface area (Å²) in [6, 6.07) is 15.3. The highest BCUT2D eigenvalue weighted by atomic mass is 35.5. The molecule has 2 aromatic carbocycles. The van der Waals surface area contributed by atoms with Crippen LogP contribution in [0.25, 0.3) is 11.0 Å². The Hall–Kier alpha value is -2.40. The molecule has 0 aliphatic heterocycles. The number of aromatic nitrogens is 3. The van der Waals surface area contributed by atoms with Gasteiger partial charge in [-0.2, -0.15) is 4.68 Å². The maximum absolute atomic E-state index is 5.94. The lowest BCUT2D eigenvalue weighted by molar-refractivity contribution is 0.791. The second kappa shape index (κ2) is 7.24. The third kappa shape index (κ3) is 3.68. The van der Waals surface area contributed by atoms with Gasteiger partial charge in [0.1, 0.15) is 5.52 Å². The minimum atomic E-state index is 0.662. The van der Waals surface area contributed by atoms with Gasteiger partial charge in [0.2, 0.25) is 5.96 Å². The van der Waals surface area contributed by atoms with Gasteiger partial charge in [-0.25, -0.2) is 0 Å². The van der Waals surface area contributed by atoms with Gasteiger partial charge in [-0.05, 0) is 42.8 Å². The molecule has 0 saturated heterocycles. The van der Waals surface area contributed by atoms with E-state index < -0.39 is 0 Å². The van der Waals surface area contributed by atoms with E-state index >= 15 is 0 Å². The molecule has 0 amide bonds. The number of aliphatic imine (C=N–C) groups is 1. The molecule has 1 aromatic heterocycles. The molecule has 5 nitrogen and oxygen atoms in total. The lowest BCUT2D eigenvalue weighted by Gasteiger charge is -2.10. The quantitative estimate of drug-likeness (QED) is 0.444. The van der Waals surface area contributed by atoms with Gasteiger partial charge in [0, 0.05) is 17.3 Å². The summed E-state index contributed by atoms with van der Waals surface area (Å²) >= 11 is 5.94. The molecule has 0 spiro atoms. The number of fused-ring (bicyclic) bond motifs is 1. The second-order valence-corrected chi connectivity index (χ2v) is 5.62. The Morgan fingerprint density at radius 1 is 1.17 bits per heavy atom. The number of rotatable bonds is 4. The second-order valence-electron chi connectivity index (χ2n) is 5.18. The highest BCUT2D eigenvalue weighted by Crippen LogP contribution is 2.15. The summed E-state index contributed by atoms with van der Waals surface area (Å²) in [5.74, 6) is 0.662. The Balaban J connectivity index is 1.95. The van der Waals surface area contributed by atoms with E-state index in [0.717, 1.165) is 36.1 Å². The van der Waals surface area contributed by atoms with Crippen LogP contribution in [-0.2, 0) is 0 Å². The van der Waals surface area contributed by atoms with Crippen LogP contribution in [0.5, 0.6) is 0 Å². The zero-order chi connectivity index (χ0) is 16.1. The first-order valence-corrected chi connectivity index (χ1v) is 8.03. The van der Waals surface area contributed by atoms with E-state index in [2.05, 4.69) is 27.5 Å². The van der Waals surface area contributed by atoms with Gasteiger partial charge in [0.25, 0.3) is 0 Å². The average molecular weight is 328 g/mol. The van der Waals surface area contributed by atoms with Gasteiger partial charge in [0.15, 0.2) is 0 Å². The highest BCUT2D eigenvalue weighted by Gasteiger charge is 2.10. The number of hydrogen-bond acceptors (Lipinski definition) is 3. The topological polar surface area (TPSA) is 55.1 Å². The number of hydrogen-bond donors (Lipinski definition) is 1. The fraction of sp³-hybridized carbons (Fsp3) is 0.235. The number of nitrogens with zero attached hydrogens (tertiary/aromatic N) is 4. The smallest absolute Gasteiger partial charge is 0.225 e. The van der Waals surface area contributed by atoms with Crippen LogP contribution in [0.15, 0.2) is 53.5 Å². The Labute approximate surface area is 140 Å². The van der Waals surface area contributed by atoms with Crippen LogP contribution >= 0.6 is 11.6 Å². The van der Waals surface area contributed by atoms with Crippen LogP contribution < -0.4 is 5.32 Å². The summed E-state index contributed by atoms with van der Waals surface area (Å²) in [6.45, 7) is 2.88. The zero-order valence-electron chi connectivity index (χ0n) is 12.9. The SMILES string of the molecule is CCCCN=C(Nc1ccc(Cl)cc1)n1nnc2ccccc21. The molecule has 6 heteroatoms. The lowest BCUT2D eigenvalue weighted by Crippen LogP contribution is -2.23. The van der Waals surface area contributed by atoms with Gasteiger partial charge in [-0.15, -0.1) is 5.10 Å². The molecule has 1 N–H and O–H groups in total. The van der Waals surface area contributed by atoms with Gasteiger partial charge in [0.05, 0.1) is 5.52 Å². The molecule has 0 fully saturated rings. The molecule has 118 valence electrons. The van der Waals surface area contributed by atoms with Crippen LogP contribution in [0.1, 0.15) is 19.8 Å². The van der Waals surface area contributed by atoms with Gasteiger partial charge >= 0.3 is 0 Å². The lowest BCUT2D eigenvalue weighted by atomic mass is 10.3. The van der Waals surface area contributed by atoms with Gasteiger partial charge in [-0.3, -0.25) is 4.99 Å². The maximum atomic E-state index is 5.94. The summed E-state index contributed by atoms with van der Waals surface area (Å²) in [7, 11) is 0. The summed E-state index contributed by atoms with van der Waals surface area (Å²) in [5.41, 5.74) is 2.67. The zero-order valence-corrected chi connectivity index (χ0v) is 13.7. The number of benzene rings is 2. The minimum absolute atomic E-state index is 0.662. The molecule has 3 aromatic rings. The summed E-state index contributed by atoms with van der Waals surface area (Å²) in [6.07, 6.45) is 2.12. The van der Waals surface area contributed by atoms with Crippen molar-refractivity contribution in [2.45, 2.75) is 19.8 Å². The molecule has 0 bridgehead atoms. The number of nitrogens with one attached hydrogen (secondary N) is 1. The largest absolute Gasteiger partial charge is 0.324 e. The van der Waals surface area contributed by atoms with Crippen molar-refractivity contribution in [3.05, 3.63) is 53.6 Å². The summed E-state index contributed by atoms with van der Waals surface area (Å²) < 4.78 is 1.74. The first-order valence-electron chi connectivity index (χ1n) is 7.66. The predicted octanol–water partition coefficient (Wildman–Crippen LogP) is 4.20. The van der Waals surface area contributed by atoms with Crippen LogP contribution in [-0.4, -0.2) is 27.5 Å². The van der Waals surface area contributed by atoms with E-state index in [4.69, 9.17) is 11.6 Å². The van der Waals surface area contributed by atoms with Crippen molar-refractivity contribution in [1.82, 2.24) is 15.0 Å². The van der Waals surface area contributed by atoms with Crippen LogP contribution in [0.3, 0.4) is 0 Å². The first kappa shape index (κ1) is 15.5. The van der Waals surface area contributed by atoms with Crippen molar-refractivity contribution in [1.29, 1.82) is 0 Å². The van der Waals surface area contributed by atoms with Crippen LogP contribution in [0.4, 0.5) is 5.69 Å². The monoisotopic (exact) mass is 327 g/mol. The highest BCUT2D eigenvalue weighted by molar-refractivity contribution is 6.30. The molecule has 0 aliphatic carbocycles. The molecule has 0 atom stereocenters. The molecule has 0 saturated carbocycles. The third-order valence-corrected chi connectivity index (χ3v) is 3.68. The molecule has 3 rings (SSSR count). The Kier molecular flexibility index (Phi) is 4.88. The number of anilines is 1. The van der Waals surface area contributed by atoms with E-state index in [1.807, 2.05) is 48.5 Å². The first-order chi connectivity index (χ1) is 11.3. The van der Waals surface area contributed by atoms with Crippen molar-refractivity contribution in [2.24, 2.45) is 4.99 Å². The standard InChI is InChI=1S/C17H18ClN5/c1-2-3-12-19-17(20-14-10-8-13(18)9-11-14)23-16-7-5-4-6-15(16)21-22-23/h4-11H,2-3,12H2,1H3,(H,19,20). The fourth-order valence-electron chi connectivity index (χ4n) is 2.19. The van der Waals surface area contributed by atoms with Crippen molar-refractivity contribution in [3.63, 3.8) is 0 Å². The van der Waals surface area contributed by atoms with E-state index in [9.17, 15) is 0 Å². The third-order valence-electron chi connectivity index (χ3n) is 3.43. The van der Waals surface area contributed by atoms with E-state index in [0.29, 0.717) is 11.0 Å². The predicted molar refractivity (Wildman–Crippen MR) is 95.2 cm³/mol. The van der Waals surface area contributed by atoms with E-state index in [1.165, 1.54) is 0 Å². The Morgan fingerprint density at radius 3 is 2.74 bits per heavy atom. The van der Waals surface area contributed by atoms with Crippen molar-refractivity contribution < 1.29 is 0 Å². The normalized spacial score (nSPS) is 11.8. The molecule has 0 radical (unpaired) electrons. The fourth-order valence-corrected chi connectivity index (χ4v) is 2.32. The van der Waals surface area contributed by atoms with Crippen LogP contribution in [0, 0.1) is 0 Å². The summed E-state index contributed by atoms with van der Waals surface area (Å²) in [4.78, 5) is 4.66. The number of unbranched alkanes of at least 4 members (excludes halogenated alkanes) is 1. The number of para-hydroxylation sites is 1. The average Bonchev–Trinajstić information content (AvgIpc) is 3.00. The van der Waals surface area contributed by atoms with Crippen molar-refractivity contribution in [3.8, 4) is 0 Å². The molecule has 0 aliphatic rings. The van der Waals surface area contributed by atoms with E-state index in [-0.39, 0.29) is 0 Å². The maximum Gasteiger partial charge on any atom is 0.225 e. The molecule has 23 heavy (non-hydrogen) atoms.